The molecule has 0 aromatic carbocycles. The van der Waals surface area contributed by atoms with E-state index in [1.54, 1.807) is 0 Å². The number of pyridine rings is 1. The van der Waals surface area contributed by atoms with Crippen molar-refractivity contribution in [3.63, 3.8) is 0 Å². The van der Waals surface area contributed by atoms with Gasteiger partial charge in [0.05, 0.1) is 6.61 Å². The molecule has 0 aliphatic carbocycles. The minimum Gasteiger partial charge on any atom is -0.477 e. The third kappa shape index (κ3) is 2.98. The molecule has 5 nitrogen and oxygen atoms in total. The highest BCUT2D eigenvalue weighted by atomic mass is 16.5. The minimum atomic E-state index is 0.00471. The first-order valence-corrected chi connectivity index (χ1v) is 6.24. The number of nitrogens with zero attached hydrogens (tertiary/aromatic N) is 1. The van der Waals surface area contributed by atoms with Gasteiger partial charge in [-0.2, -0.15) is 4.98 Å². The summed E-state index contributed by atoms with van der Waals surface area (Å²) in [5.74, 6) is 1.19. The van der Waals surface area contributed by atoms with Gasteiger partial charge in [-0.3, -0.25) is 4.79 Å². The predicted octanol–water partition coefficient (Wildman–Crippen LogP) is 1.43. The van der Waals surface area contributed by atoms with Crippen molar-refractivity contribution >= 4 is 11.7 Å². The Morgan fingerprint density at radius 2 is 2.28 bits per heavy atom. The van der Waals surface area contributed by atoms with Gasteiger partial charge in [0, 0.05) is 18.6 Å². The van der Waals surface area contributed by atoms with Crippen molar-refractivity contribution in [3.05, 3.63) is 17.2 Å². The fourth-order valence-corrected chi connectivity index (χ4v) is 1.92. The molecule has 1 aromatic rings. The molecule has 1 aromatic heterocycles. The van der Waals surface area contributed by atoms with Crippen molar-refractivity contribution in [2.45, 2.75) is 32.6 Å². The van der Waals surface area contributed by atoms with Crippen LogP contribution in [0, 0.1) is 6.92 Å². The van der Waals surface area contributed by atoms with E-state index in [1.165, 1.54) is 0 Å². The summed E-state index contributed by atoms with van der Waals surface area (Å²) in [5, 5.41) is 11.4. The number of hydrogen-bond acceptors (Lipinski definition) is 4. The van der Waals surface area contributed by atoms with Crippen molar-refractivity contribution in [1.82, 2.24) is 4.98 Å². The van der Waals surface area contributed by atoms with E-state index in [4.69, 9.17) is 9.84 Å². The van der Waals surface area contributed by atoms with Crippen molar-refractivity contribution in [1.29, 1.82) is 0 Å². The van der Waals surface area contributed by atoms with Crippen LogP contribution in [-0.2, 0) is 11.2 Å². The predicted molar refractivity (Wildman–Crippen MR) is 67.7 cm³/mol. The summed E-state index contributed by atoms with van der Waals surface area (Å²) in [6.45, 7) is 2.65. The van der Waals surface area contributed by atoms with Crippen molar-refractivity contribution < 1.29 is 14.6 Å². The monoisotopic (exact) mass is 250 g/mol. The molecule has 0 radical (unpaired) electrons. The topological polar surface area (TPSA) is 71.5 Å². The number of ether oxygens (including phenoxy) is 1. The van der Waals surface area contributed by atoms with Crippen LogP contribution in [0.25, 0.3) is 0 Å². The molecule has 2 N–H and O–H groups in total. The molecule has 0 unspecified atom stereocenters. The van der Waals surface area contributed by atoms with E-state index in [0.29, 0.717) is 24.7 Å². The van der Waals surface area contributed by atoms with Crippen LogP contribution >= 0.6 is 0 Å². The molecule has 0 saturated carbocycles. The number of aliphatic hydroxyl groups is 1. The second kappa shape index (κ2) is 5.82. The summed E-state index contributed by atoms with van der Waals surface area (Å²) in [5.41, 5.74) is 2.05. The average Bonchev–Trinajstić information content (AvgIpc) is 2.35. The number of fused-ring (bicyclic) bond motifs is 1. The van der Waals surface area contributed by atoms with Crippen LogP contribution in [0.3, 0.4) is 0 Å². The number of anilines is 1. The lowest BCUT2D eigenvalue weighted by Gasteiger charge is -2.18. The Hall–Kier alpha value is -1.62. The number of rotatable bonds is 5. The second-order valence-corrected chi connectivity index (χ2v) is 4.45. The zero-order valence-electron chi connectivity index (χ0n) is 10.5. The van der Waals surface area contributed by atoms with E-state index < -0.39 is 0 Å². The number of aryl methyl sites for hydroxylation is 2. The van der Waals surface area contributed by atoms with Crippen LogP contribution in [0.4, 0.5) is 5.82 Å². The number of aromatic nitrogens is 1. The zero-order chi connectivity index (χ0) is 13.0. The van der Waals surface area contributed by atoms with Gasteiger partial charge in [-0.05, 0) is 37.8 Å². The average molecular weight is 250 g/mol. The largest absolute Gasteiger partial charge is 0.477 e. The molecule has 2 heterocycles. The van der Waals surface area contributed by atoms with Crippen LogP contribution in [-0.4, -0.2) is 29.2 Å². The van der Waals surface area contributed by atoms with Gasteiger partial charge >= 0.3 is 0 Å². The first-order chi connectivity index (χ1) is 8.70. The maximum absolute atomic E-state index is 11.3. The minimum absolute atomic E-state index is 0.00471. The van der Waals surface area contributed by atoms with Crippen LogP contribution in [0.2, 0.25) is 0 Å². The van der Waals surface area contributed by atoms with E-state index in [2.05, 4.69) is 10.3 Å². The van der Waals surface area contributed by atoms with Gasteiger partial charge in [-0.15, -0.1) is 0 Å². The Morgan fingerprint density at radius 3 is 3.06 bits per heavy atom. The molecular weight excluding hydrogens is 232 g/mol. The van der Waals surface area contributed by atoms with E-state index in [9.17, 15) is 4.79 Å². The van der Waals surface area contributed by atoms with Crippen LogP contribution < -0.4 is 10.1 Å². The third-order valence-electron chi connectivity index (χ3n) is 2.92. The highest BCUT2D eigenvalue weighted by Gasteiger charge is 2.18. The van der Waals surface area contributed by atoms with Gasteiger partial charge in [0.2, 0.25) is 11.8 Å². The molecule has 0 spiro atoms. The molecule has 5 heteroatoms. The Labute approximate surface area is 106 Å². The number of carbonyl (C=O) groups excluding carboxylic acids is 1. The fourth-order valence-electron chi connectivity index (χ4n) is 1.92. The molecular formula is C13H18N2O3. The standard InChI is InChI=1S/C13H18N2O3/c1-9-8-10-4-5-11(17)14-12(10)15-13(9)18-7-3-2-6-16/h8,16H,2-7H2,1H3,(H,14,15,17). The number of hydrogen-bond donors (Lipinski definition) is 2. The van der Waals surface area contributed by atoms with Crippen molar-refractivity contribution in [3.8, 4) is 5.88 Å². The lowest BCUT2D eigenvalue weighted by molar-refractivity contribution is -0.116. The number of carbonyl (C=O) groups is 1. The zero-order valence-corrected chi connectivity index (χ0v) is 10.5. The second-order valence-electron chi connectivity index (χ2n) is 4.45. The van der Waals surface area contributed by atoms with Gasteiger partial charge in [0.1, 0.15) is 5.82 Å². The van der Waals surface area contributed by atoms with Crippen molar-refractivity contribution in [2.24, 2.45) is 0 Å². The maximum Gasteiger partial charge on any atom is 0.225 e. The number of unbranched alkanes of at least 4 members (excludes halogenated alkanes) is 1. The van der Waals surface area contributed by atoms with E-state index in [1.807, 2.05) is 13.0 Å². The smallest absolute Gasteiger partial charge is 0.225 e. The molecule has 2 rings (SSSR count). The van der Waals surface area contributed by atoms with Crippen molar-refractivity contribution in [2.75, 3.05) is 18.5 Å². The molecule has 98 valence electrons. The van der Waals surface area contributed by atoms with Crippen LogP contribution in [0.1, 0.15) is 30.4 Å². The van der Waals surface area contributed by atoms with Gasteiger partial charge in [-0.1, -0.05) is 0 Å². The molecule has 1 aliphatic heterocycles. The maximum atomic E-state index is 11.3. The lowest BCUT2D eigenvalue weighted by atomic mass is 10.1. The molecule has 1 amide bonds. The van der Waals surface area contributed by atoms with Crippen LogP contribution in [0.15, 0.2) is 6.07 Å². The van der Waals surface area contributed by atoms with Gasteiger partial charge < -0.3 is 15.2 Å². The highest BCUT2D eigenvalue weighted by Crippen LogP contribution is 2.26. The Balaban J connectivity index is 2.06. The molecule has 0 saturated heterocycles. The lowest BCUT2D eigenvalue weighted by Crippen LogP contribution is -2.20. The molecule has 0 bridgehead atoms. The molecule has 18 heavy (non-hydrogen) atoms. The fraction of sp³-hybridized carbons (Fsp3) is 0.538. The molecule has 0 atom stereocenters. The summed E-state index contributed by atoms with van der Waals surface area (Å²) < 4.78 is 5.57. The molecule has 1 aliphatic rings. The third-order valence-corrected chi connectivity index (χ3v) is 2.92. The normalized spacial score (nSPS) is 14.0. The number of nitrogens with one attached hydrogen (secondary N) is 1. The number of aliphatic hydroxyl groups excluding tert-OH is 1. The summed E-state index contributed by atoms with van der Waals surface area (Å²) >= 11 is 0. The SMILES string of the molecule is Cc1cc2c(nc1OCCCCO)NC(=O)CC2. The van der Waals surface area contributed by atoms with Gasteiger partial charge in [0.25, 0.3) is 0 Å². The summed E-state index contributed by atoms with van der Waals surface area (Å²) in [6.07, 6.45) is 2.77. The quantitative estimate of drug-likeness (QED) is 0.775. The van der Waals surface area contributed by atoms with E-state index in [-0.39, 0.29) is 12.5 Å². The summed E-state index contributed by atoms with van der Waals surface area (Å²) in [6, 6.07) is 2.02. The highest BCUT2D eigenvalue weighted by molar-refractivity contribution is 5.92. The summed E-state index contributed by atoms with van der Waals surface area (Å²) in [4.78, 5) is 15.6. The Bertz CT molecular complexity index is 446. The van der Waals surface area contributed by atoms with E-state index in [0.717, 1.165) is 30.4 Å². The van der Waals surface area contributed by atoms with Crippen LogP contribution in [0.5, 0.6) is 5.88 Å². The Morgan fingerprint density at radius 1 is 1.44 bits per heavy atom. The first kappa shape index (κ1) is 12.8. The first-order valence-electron chi connectivity index (χ1n) is 6.24. The van der Waals surface area contributed by atoms with Gasteiger partial charge in [-0.25, -0.2) is 0 Å². The number of amides is 1. The van der Waals surface area contributed by atoms with Gasteiger partial charge in [0.15, 0.2) is 0 Å². The molecule has 0 fully saturated rings. The Kier molecular flexibility index (Phi) is 4.15. The summed E-state index contributed by atoms with van der Waals surface area (Å²) in [7, 11) is 0. The van der Waals surface area contributed by atoms with E-state index >= 15 is 0 Å².